The Hall–Kier alpha value is -1.56. The molecule has 1 aromatic heterocycles. The number of aliphatic imine (C=N–C) groups is 1. The van der Waals surface area contributed by atoms with Crippen LogP contribution in [0.5, 0.6) is 0 Å². The summed E-state index contributed by atoms with van der Waals surface area (Å²) in [5, 5.41) is 20.3. The quantitative estimate of drug-likeness (QED) is 0.450. The van der Waals surface area contributed by atoms with Crippen LogP contribution in [0, 0.1) is 19.8 Å². The van der Waals surface area contributed by atoms with Crippen LogP contribution in [0.3, 0.4) is 0 Å². The molecule has 1 rings (SSSR count). The van der Waals surface area contributed by atoms with Gasteiger partial charge in [0.2, 0.25) is 0 Å². The summed E-state index contributed by atoms with van der Waals surface area (Å²) < 4.78 is 1.94. The molecule has 0 bridgehead atoms. The lowest BCUT2D eigenvalue weighted by Crippen LogP contribution is -2.38. The van der Waals surface area contributed by atoms with Gasteiger partial charge in [-0.2, -0.15) is 5.10 Å². The van der Waals surface area contributed by atoms with E-state index in [0.29, 0.717) is 5.92 Å². The number of guanidine groups is 1. The fourth-order valence-corrected chi connectivity index (χ4v) is 2.97. The van der Waals surface area contributed by atoms with Crippen molar-refractivity contribution in [1.82, 2.24) is 20.4 Å². The van der Waals surface area contributed by atoms with Crippen LogP contribution < -0.4 is 10.6 Å². The maximum Gasteiger partial charge on any atom is 0.191 e. The highest BCUT2D eigenvalue weighted by Gasteiger charge is 2.10. The van der Waals surface area contributed by atoms with Gasteiger partial charge in [0.05, 0.1) is 5.69 Å². The zero-order valence-electron chi connectivity index (χ0n) is 16.0. The molecule has 1 heterocycles. The molecule has 0 aromatic carbocycles. The second kappa shape index (κ2) is 11.1. The zero-order valence-corrected chi connectivity index (χ0v) is 16.0. The van der Waals surface area contributed by atoms with Crippen molar-refractivity contribution in [3.05, 3.63) is 17.0 Å². The van der Waals surface area contributed by atoms with Crippen molar-refractivity contribution in [1.29, 1.82) is 0 Å². The molecule has 0 amide bonds. The van der Waals surface area contributed by atoms with Gasteiger partial charge in [-0.05, 0) is 51.5 Å². The van der Waals surface area contributed by atoms with E-state index in [2.05, 4.69) is 43.4 Å². The van der Waals surface area contributed by atoms with Crippen LogP contribution >= 0.6 is 0 Å². The Bertz CT molecular complexity index is 504. The van der Waals surface area contributed by atoms with Gasteiger partial charge >= 0.3 is 0 Å². The van der Waals surface area contributed by atoms with Crippen LogP contribution in [0.15, 0.2) is 4.99 Å². The van der Waals surface area contributed by atoms with E-state index in [4.69, 9.17) is 10.1 Å². The van der Waals surface area contributed by atoms with E-state index in [1.54, 1.807) is 0 Å². The van der Waals surface area contributed by atoms with Crippen LogP contribution in [0.1, 0.15) is 50.1 Å². The molecule has 0 saturated heterocycles. The standard InChI is InChI=1S/C18H35N5O/c1-6-8-16(10-12-24)13-21-18(19-7-2)20-11-9-17-14(3)22-23(5)15(17)4/h16,24H,6-13H2,1-5H3,(H2,19,20,21). The van der Waals surface area contributed by atoms with E-state index in [1.165, 1.54) is 11.3 Å². The fraction of sp³-hybridized carbons (Fsp3) is 0.778. The number of rotatable bonds is 10. The minimum atomic E-state index is 0.240. The minimum Gasteiger partial charge on any atom is -0.396 e. The first-order chi connectivity index (χ1) is 11.5. The number of hydrogen-bond donors (Lipinski definition) is 3. The summed E-state index contributed by atoms with van der Waals surface area (Å²) >= 11 is 0. The Morgan fingerprint density at radius 3 is 2.54 bits per heavy atom. The molecular formula is C18H35N5O. The Balaban J connectivity index is 2.57. The number of aromatic nitrogens is 2. The van der Waals surface area contributed by atoms with E-state index < -0.39 is 0 Å². The number of nitrogens with one attached hydrogen (secondary N) is 2. The van der Waals surface area contributed by atoms with Gasteiger partial charge in [-0.1, -0.05) is 13.3 Å². The molecule has 6 heteroatoms. The van der Waals surface area contributed by atoms with E-state index in [9.17, 15) is 0 Å². The first kappa shape index (κ1) is 20.5. The van der Waals surface area contributed by atoms with Crippen molar-refractivity contribution < 1.29 is 5.11 Å². The molecule has 0 fully saturated rings. The number of aliphatic hydroxyl groups excluding tert-OH is 1. The van der Waals surface area contributed by atoms with Crippen molar-refractivity contribution in [2.75, 3.05) is 26.2 Å². The summed E-state index contributed by atoms with van der Waals surface area (Å²) in [6, 6.07) is 0. The second-order valence-electron chi connectivity index (χ2n) is 6.34. The van der Waals surface area contributed by atoms with Gasteiger partial charge in [0.25, 0.3) is 0 Å². The van der Waals surface area contributed by atoms with Gasteiger partial charge in [0.1, 0.15) is 0 Å². The van der Waals surface area contributed by atoms with Crippen LogP contribution in [0.4, 0.5) is 0 Å². The van der Waals surface area contributed by atoms with E-state index in [0.717, 1.165) is 57.0 Å². The molecule has 1 unspecified atom stereocenters. The zero-order chi connectivity index (χ0) is 17.9. The summed E-state index contributed by atoms with van der Waals surface area (Å²) in [6.45, 7) is 11.1. The summed E-state index contributed by atoms with van der Waals surface area (Å²) in [5.74, 6) is 1.31. The molecule has 24 heavy (non-hydrogen) atoms. The Morgan fingerprint density at radius 1 is 1.25 bits per heavy atom. The first-order valence-corrected chi connectivity index (χ1v) is 9.15. The number of nitrogens with zero attached hydrogens (tertiary/aromatic N) is 3. The van der Waals surface area contributed by atoms with Gasteiger partial charge in [-0.3, -0.25) is 9.67 Å². The molecule has 6 nitrogen and oxygen atoms in total. The summed E-state index contributed by atoms with van der Waals surface area (Å²) in [5.41, 5.74) is 3.64. The fourth-order valence-electron chi connectivity index (χ4n) is 2.97. The average Bonchev–Trinajstić information content (AvgIpc) is 2.78. The van der Waals surface area contributed by atoms with Crippen molar-refractivity contribution in [2.24, 2.45) is 18.0 Å². The van der Waals surface area contributed by atoms with Crippen molar-refractivity contribution >= 4 is 5.96 Å². The molecular weight excluding hydrogens is 302 g/mol. The molecule has 1 atom stereocenters. The molecule has 3 N–H and O–H groups in total. The third-order valence-electron chi connectivity index (χ3n) is 4.41. The van der Waals surface area contributed by atoms with Crippen molar-refractivity contribution in [2.45, 2.75) is 53.4 Å². The van der Waals surface area contributed by atoms with Crippen molar-refractivity contribution in [3.8, 4) is 0 Å². The molecule has 0 aliphatic rings. The predicted octanol–water partition coefficient (Wildman–Crippen LogP) is 1.93. The van der Waals surface area contributed by atoms with Gasteiger partial charge in [0, 0.05) is 39.0 Å². The lowest BCUT2D eigenvalue weighted by molar-refractivity contribution is 0.253. The number of aryl methyl sites for hydroxylation is 2. The predicted molar refractivity (Wildman–Crippen MR) is 100 cm³/mol. The van der Waals surface area contributed by atoms with E-state index in [-0.39, 0.29) is 6.61 Å². The maximum absolute atomic E-state index is 9.17. The Labute approximate surface area is 146 Å². The van der Waals surface area contributed by atoms with E-state index >= 15 is 0 Å². The highest BCUT2D eigenvalue weighted by atomic mass is 16.3. The van der Waals surface area contributed by atoms with Gasteiger partial charge < -0.3 is 15.7 Å². The van der Waals surface area contributed by atoms with Crippen LogP contribution in [-0.4, -0.2) is 47.1 Å². The Kier molecular flexibility index (Phi) is 9.45. The summed E-state index contributed by atoms with van der Waals surface area (Å²) in [4.78, 5) is 4.69. The molecule has 0 spiro atoms. The minimum absolute atomic E-state index is 0.240. The molecule has 1 aromatic rings. The molecule has 0 aliphatic heterocycles. The highest BCUT2D eigenvalue weighted by Crippen LogP contribution is 2.12. The molecule has 0 aliphatic carbocycles. The molecule has 0 radical (unpaired) electrons. The van der Waals surface area contributed by atoms with Gasteiger partial charge in [-0.25, -0.2) is 0 Å². The third-order valence-corrected chi connectivity index (χ3v) is 4.41. The lowest BCUT2D eigenvalue weighted by atomic mass is 10.0. The van der Waals surface area contributed by atoms with Crippen LogP contribution in [-0.2, 0) is 13.5 Å². The van der Waals surface area contributed by atoms with Crippen LogP contribution in [0.2, 0.25) is 0 Å². The molecule has 138 valence electrons. The monoisotopic (exact) mass is 337 g/mol. The summed E-state index contributed by atoms with van der Waals surface area (Å²) in [6.07, 6.45) is 4.00. The largest absolute Gasteiger partial charge is 0.396 e. The number of aliphatic hydroxyl groups is 1. The van der Waals surface area contributed by atoms with Crippen molar-refractivity contribution in [3.63, 3.8) is 0 Å². The smallest absolute Gasteiger partial charge is 0.191 e. The average molecular weight is 338 g/mol. The van der Waals surface area contributed by atoms with Gasteiger partial charge in [-0.15, -0.1) is 0 Å². The first-order valence-electron chi connectivity index (χ1n) is 9.15. The number of hydrogen-bond acceptors (Lipinski definition) is 3. The second-order valence-corrected chi connectivity index (χ2v) is 6.34. The normalized spacial score (nSPS) is 13.2. The van der Waals surface area contributed by atoms with Crippen LogP contribution in [0.25, 0.3) is 0 Å². The summed E-state index contributed by atoms with van der Waals surface area (Å²) in [7, 11) is 1.99. The Morgan fingerprint density at radius 2 is 2.00 bits per heavy atom. The molecule has 0 saturated carbocycles. The highest BCUT2D eigenvalue weighted by molar-refractivity contribution is 5.79. The lowest BCUT2D eigenvalue weighted by Gasteiger charge is -2.15. The maximum atomic E-state index is 9.17. The third kappa shape index (κ3) is 6.51. The SMILES string of the molecule is CCCC(CCO)CN=C(NCC)NCCc1c(C)nn(C)c1C. The topological polar surface area (TPSA) is 74.5 Å². The van der Waals surface area contributed by atoms with E-state index in [1.807, 2.05) is 11.7 Å². The van der Waals surface area contributed by atoms with Gasteiger partial charge in [0.15, 0.2) is 5.96 Å².